The van der Waals surface area contributed by atoms with Crippen LogP contribution in [0.1, 0.15) is 42.3 Å². The zero-order valence-corrected chi connectivity index (χ0v) is 11.0. The first kappa shape index (κ1) is 12.2. The Morgan fingerprint density at radius 1 is 1.47 bits per heavy atom. The molecule has 0 saturated carbocycles. The van der Waals surface area contributed by atoms with Gasteiger partial charge < -0.3 is 9.84 Å². The highest BCUT2D eigenvalue weighted by Crippen LogP contribution is 2.17. The van der Waals surface area contributed by atoms with Gasteiger partial charge in [0.05, 0.1) is 17.2 Å². The number of hydrogen-bond acceptors (Lipinski definition) is 6. The Labute approximate surface area is 104 Å². The molecule has 0 spiro atoms. The first-order valence-corrected chi connectivity index (χ1v) is 6.54. The van der Waals surface area contributed by atoms with E-state index in [4.69, 9.17) is 4.52 Å². The number of thiazole rings is 1. The molecule has 5 nitrogen and oxygen atoms in total. The molecule has 2 heterocycles. The lowest BCUT2D eigenvalue weighted by Crippen LogP contribution is -2.18. The summed E-state index contributed by atoms with van der Waals surface area (Å²) in [4.78, 5) is 8.68. The molecule has 0 aliphatic rings. The summed E-state index contributed by atoms with van der Waals surface area (Å²) in [6.45, 7) is 6.57. The fraction of sp³-hybridized carbons (Fsp3) is 0.545. The molecule has 0 saturated heterocycles. The van der Waals surface area contributed by atoms with Gasteiger partial charge in [0.1, 0.15) is 0 Å². The summed E-state index contributed by atoms with van der Waals surface area (Å²) in [6, 6.07) is 0.193. The SMILES string of the molecule is CCc1nc([C@@H](C)NCc2nc(C)no2)cs1. The van der Waals surface area contributed by atoms with Crippen molar-refractivity contribution in [2.45, 2.75) is 39.8 Å². The largest absolute Gasteiger partial charge is 0.338 e. The average molecular weight is 252 g/mol. The van der Waals surface area contributed by atoms with Gasteiger partial charge in [0.15, 0.2) is 5.82 Å². The van der Waals surface area contributed by atoms with Crippen LogP contribution in [0.3, 0.4) is 0 Å². The van der Waals surface area contributed by atoms with Crippen LogP contribution in [-0.2, 0) is 13.0 Å². The van der Waals surface area contributed by atoms with Crippen molar-refractivity contribution in [2.75, 3.05) is 0 Å². The number of hydrogen-bond donors (Lipinski definition) is 1. The summed E-state index contributed by atoms with van der Waals surface area (Å²) >= 11 is 1.70. The summed E-state index contributed by atoms with van der Waals surface area (Å²) in [5.41, 5.74) is 1.07. The second-order valence-electron chi connectivity index (χ2n) is 3.86. The average Bonchev–Trinajstić information content (AvgIpc) is 2.94. The van der Waals surface area contributed by atoms with Gasteiger partial charge in [0, 0.05) is 11.4 Å². The number of nitrogens with one attached hydrogen (secondary N) is 1. The summed E-state index contributed by atoms with van der Waals surface area (Å²) in [7, 11) is 0. The molecule has 0 amide bonds. The molecule has 17 heavy (non-hydrogen) atoms. The van der Waals surface area contributed by atoms with Crippen LogP contribution >= 0.6 is 11.3 Å². The second kappa shape index (κ2) is 5.37. The van der Waals surface area contributed by atoms with Crippen LogP contribution < -0.4 is 5.32 Å². The normalized spacial score (nSPS) is 12.9. The van der Waals surface area contributed by atoms with Crippen LogP contribution in [-0.4, -0.2) is 15.1 Å². The van der Waals surface area contributed by atoms with E-state index in [-0.39, 0.29) is 6.04 Å². The standard InChI is InChI=1S/C11H16N4OS/c1-4-11-14-9(6-17-11)7(2)12-5-10-13-8(3)15-16-10/h6-7,12H,4-5H2,1-3H3/t7-/m1/s1. The van der Waals surface area contributed by atoms with Crippen molar-refractivity contribution < 1.29 is 4.52 Å². The van der Waals surface area contributed by atoms with Gasteiger partial charge in [-0.3, -0.25) is 0 Å². The van der Waals surface area contributed by atoms with Gasteiger partial charge in [-0.25, -0.2) is 4.98 Å². The minimum atomic E-state index is 0.193. The Bertz CT molecular complexity index is 479. The Hall–Kier alpha value is -1.27. The fourth-order valence-electron chi connectivity index (χ4n) is 1.44. The zero-order valence-electron chi connectivity index (χ0n) is 10.2. The molecule has 2 aromatic heterocycles. The lowest BCUT2D eigenvalue weighted by Gasteiger charge is -2.08. The summed E-state index contributed by atoms with van der Waals surface area (Å²) < 4.78 is 5.04. The van der Waals surface area contributed by atoms with Crippen molar-refractivity contribution in [3.8, 4) is 0 Å². The van der Waals surface area contributed by atoms with Crippen LogP contribution in [0.4, 0.5) is 0 Å². The molecular formula is C11H16N4OS. The molecule has 1 N–H and O–H groups in total. The molecule has 0 aliphatic carbocycles. The molecule has 0 aromatic carbocycles. The van der Waals surface area contributed by atoms with E-state index in [1.807, 2.05) is 6.92 Å². The Kier molecular flexibility index (Phi) is 3.86. The second-order valence-corrected chi connectivity index (χ2v) is 4.80. The van der Waals surface area contributed by atoms with Gasteiger partial charge >= 0.3 is 0 Å². The highest BCUT2D eigenvalue weighted by Gasteiger charge is 2.10. The van der Waals surface area contributed by atoms with E-state index in [2.05, 4.69) is 39.7 Å². The minimum absolute atomic E-state index is 0.193. The molecule has 0 unspecified atom stereocenters. The third-order valence-electron chi connectivity index (χ3n) is 2.44. The smallest absolute Gasteiger partial charge is 0.240 e. The Balaban J connectivity index is 1.90. The zero-order chi connectivity index (χ0) is 12.3. The van der Waals surface area contributed by atoms with Gasteiger partial charge in [-0.05, 0) is 20.3 Å². The third kappa shape index (κ3) is 3.10. The molecule has 92 valence electrons. The molecule has 0 radical (unpaired) electrons. The number of nitrogens with zero attached hydrogens (tertiary/aromatic N) is 3. The highest BCUT2D eigenvalue weighted by molar-refractivity contribution is 7.09. The van der Waals surface area contributed by atoms with Crippen LogP contribution in [0.25, 0.3) is 0 Å². The quantitative estimate of drug-likeness (QED) is 0.884. The van der Waals surface area contributed by atoms with Crippen LogP contribution in [0, 0.1) is 6.92 Å². The molecule has 2 rings (SSSR count). The van der Waals surface area contributed by atoms with E-state index in [1.54, 1.807) is 11.3 Å². The van der Waals surface area contributed by atoms with Crippen molar-refractivity contribution in [2.24, 2.45) is 0 Å². The van der Waals surface area contributed by atoms with E-state index in [0.29, 0.717) is 18.3 Å². The number of aromatic nitrogens is 3. The molecule has 6 heteroatoms. The monoisotopic (exact) mass is 252 g/mol. The molecule has 1 atom stereocenters. The van der Waals surface area contributed by atoms with Crippen molar-refractivity contribution in [3.05, 3.63) is 27.8 Å². The molecule has 0 bridgehead atoms. The lowest BCUT2D eigenvalue weighted by molar-refractivity contribution is 0.357. The predicted molar refractivity (Wildman–Crippen MR) is 65.8 cm³/mol. The Morgan fingerprint density at radius 2 is 2.29 bits per heavy atom. The predicted octanol–water partition coefficient (Wildman–Crippen LogP) is 2.25. The van der Waals surface area contributed by atoms with E-state index < -0.39 is 0 Å². The molecule has 0 aliphatic heterocycles. The van der Waals surface area contributed by atoms with Crippen molar-refractivity contribution >= 4 is 11.3 Å². The van der Waals surface area contributed by atoms with Crippen LogP contribution in [0.2, 0.25) is 0 Å². The topological polar surface area (TPSA) is 63.8 Å². The van der Waals surface area contributed by atoms with E-state index >= 15 is 0 Å². The van der Waals surface area contributed by atoms with Crippen LogP contribution in [0.15, 0.2) is 9.90 Å². The van der Waals surface area contributed by atoms with Crippen molar-refractivity contribution in [1.82, 2.24) is 20.4 Å². The number of aryl methyl sites for hydroxylation is 2. The maximum Gasteiger partial charge on any atom is 0.240 e. The number of rotatable bonds is 5. The highest BCUT2D eigenvalue weighted by atomic mass is 32.1. The van der Waals surface area contributed by atoms with E-state index in [1.165, 1.54) is 5.01 Å². The maximum absolute atomic E-state index is 5.04. The maximum atomic E-state index is 5.04. The molecule has 0 fully saturated rings. The van der Waals surface area contributed by atoms with E-state index in [9.17, 15) is 0 Å². The summed E-state index contributed by atoms with van der Waals surface area (Å²) in [6.07, 6.45) is 0.986. The summed E-state index contributed by atoms with van der Waals surface area (Å²) in [5, 5.41) is 10.3. The minimum Gasteiger partial charge on any atom is -0.338 e. The van der Waals surface area contributed by atoms with Gasteiger partial charge in [-0.15, -0.1) is 11.3 Å². The lowest BCUT2D eigenvalue weighted by atomic mass is 10.2. The van der Waals surface area contributed by atoms with Crippen molar-refractivity contribution in [3.63, 3.8) is 0 Å². The van der Waals surface area contributed by atoms with Crippen molar-refractivity contribution in [1.29, 1.82) is 0 Å². The van der Waals surface area contributed by atoms with Gasteiger partial charge in [0.2, 0.25) is 5.89 Å². The summed E-state index contributed by atoms with van der Waals surface area (Å²) in [5.74, 6) is 1.27. The molecule has 2 aromatic rings. The Morgan fingerprint density at radius 3 is 2.88 bits per heavy atom. The first-order chi connectivity index (χ1) is 8.19. The van der Waals surface area contributed by atoms with E-state index in [0.717, 1.165) is 12.1 Å². The van der Waals surface area contributed by atoms with Crippen LogP contribution in [0.5, 0.6) is 0 Å². The van der Waals surface area contributed by atoms with Gasteiger partial charge in [-0.1, -0.05) is 12.1 Å². The molecular weight excluding hydrogens is 236 g/mol. The van der Waals surface area contributed by atoms with Gasteiger partial charge in [0.25, 0.3) is 0 Å². The van der Waals surface area contributed by atoms with Gasteiger partial charge in [-0.2, -0.15) is 4.98 Å². The fourth-order valence-corrected chi connectivity index (χ4v) is 2.28. The first-order valence-electron chi connectivity index (χ1n) is 5.66. The third-order valence-corrected chi connectivity index (χ3v) is 3.46.